The molecule has 4 rings (SSSR count). The van der Waals surface area contributed by atoms with E-state index in [4.69, 9.17) is 23.2 Å². The molecule has 2 atom stereocenters. The highest BCUT2D eigenvalue weighted by atomic mass is 35.5. The van der Waals surface area contributed by atoms with Gasteiger partial charge in [0.1, 0.15) is 0 Å². The van der Waals surface area contributed by atoms with E-state index in [0.29, 0.717) is 26.7 Å². The normalized spacial score (nSPS) is 20.5. The van der Waals surface area contributed by atoms with Crippen LogP contribution in [0.1, 0.15) is 65.5 Å². The van der Waals surface area contributed by atoms with Crippen LogP contribution in [0.3, 0.4) is 0 Å². The number of hydrogen-bond donors (Lipinski definition) is 2. The molecule has 1 fully saturated rings. The zero-order chi connectivity index (χ0) is 23.5. The largest absolute Gasteiger partial charge is 0.359 e. The highest BCUT2D eigenvalue weighted by Gasteiger charge is 2.47. The molecule has 1 heterocycles. The fourth-order valence-electron chi connectivity index (χ4n) is 5.02. The zero-order valence-corrected chi connectivity index (χ0v) is 20.0. The van der Waals surface area contributed by atoms with Crippen molar-refractivity contribution in [2.75, 3.05) is 13.6 Å². The third-order valence-corrected chi connectivity index (χ3v) is 7.15. The van der Waals surface area contributed by atoms with Crippen LogP contribution in [-0.4, -0.2) is 42.3 Å². The Labute approximate surface area is 203 Å². The molecular weight excluding hydrogens is 461 g/mol. The number of nitrogens with zero attached hydrogens (tertiary/aromatic N) is 1. The lowest BCUT2D eigenvalue weighted by molar-refractivity contribution is -0.124. The number of carbonyl (C=O) groups is 3. The molecule has 0 radical (unpaired) electrons. The number of hydrogen-bond acceptors (Lipinski definition) is 3. The third kappa shape index (κ3) is 4.73. The topological polar surface area (TPSA) is 78.5 Å². The Kier molecular flexibility index (Phi) is 7.25. The monoisotopic (exact) mass is 487 g/mol. The van der Waals surface area contributed by atoms with Crippen LogP contribution < -0.4 is 10.6 Å². The van der Waals surface area contributed by atoms with Crippen LogP contribution in [0.5, 0.6) is 0 Å². The maximum atomic E-state index is 13.7. The molecule has 174 valence electrons. The second-order valence-electron chi connectivity index (χ2n) is 8.54. The number of rotatable bonds is 6. The van der Waals surface area contributed by atoms with Gasteiger partial charge in [0.25, 0.3) is 5.91 Å². The molecule has 0 unspecified atom stereocenters. The molecule has 3 amide bonds. The average Bonchev–Trinajstić information content (AvgIpc) is 3.33. The van der Waals surface area contributed by atoms with Crippen molar-refractivity contribution in [2.45, 2.75) is 50.1 Å². The molecule has 33 heavy (non-hydrogen) atoms. The van der Waals surface area contributed by atoms with Crippen LogP contribution in [0.15, 0.2) is 42.5 Å². The summed E-state index contributed by atoms with van der Waals surface area (Å²) in [4.78, 5) is 40.9. The number of amides is 3. The minimum absolute atomic E-state index is 0.0313. The quantitative estimate of drug-likeness (QED) is 0.630. The first kappa shape index (κ1) is 23.6. The first-order valence-corrected chi connectivity index (χ1v) is 12.0. The molecular formula is C25H27Cl2N3O3. The minimum Gasteiger partial charge on any atom is -0.359 e. The minimum atomic E-state index is -0.664. The van der Waals surface area contributed by atoms with E-state index in [9.17, 15) is 14.4 Å². The van der Waals surface area contributed by atoms with Crippen LogP contribution in [0.4, 0.5) is 0 Å². The molecule has 6 nitrogen and oxygen atoms in total. The van der Waals surface area contributed by atoms with Crippen LogP contribution in [0.2, 0.25) is 10.0 Å². The standard InChI is InChI=1S/C25H27Cl2N3O3/c1-28-21(31)12-13-29-24(32)22-17-8-4-5-9-18(17)25(33)30(16-6-2-3-7-16)23(22)19-11-10-15(26)14-20(19)27/h4-5,8-11,14,16,22-23H,2-3,6-7,12-13H2,1H3,(H,28,31)(H,29,32)/t22-,23+/m1/s1. The van der Waals surface area contributed by atoms with Crippen LogP contribution in [0, 0.1) is 0 Å². The Balaban J connectivity index is 1.81. The molecule has 1 aliphatic heterocycles. The lowest BCUT2D eigenvalue weighted by Crippen LogP contribution is -2.51. The second-order valence-corrected chi connectivity index (χ2v) is 9.38. The van der Waals surface area contributed by atoms with Crippen molar-refractivity contribution in [1.82, 2.24) is 15.5 Å². The summed E-state index contributed by atoms with van der Waals surface area (Å²) < 4.78 is 0. The predicted octanol–water partition coefficient (Wildman–Crippen LogP) is 4.47. The molecule has 1 saturated carbocycles. The summed E-state index contributed by atoms with van der Waals surface area (Å²) >= 11 is 12.8. The maximum absolute atomic E-state index is 13.7. The van der Waals surface area contributed by atoms with Crippen molar-refractivity contribution in [3.8, 4) is 0 Å². The predicted molar refractivity (Wildman–Crippen MR) is 129 cm³/mol. The van der Waals surface area contributed by atoms with E-state index in [1.165, 1.54) is 0 Å². The first-order chi connectivity index (χ1) is 15.9. The molecule has 2 aromatic rings. The Morgan fingerprint density at radius 2 is 1.79 bits per heavy atom. The van der Waals surface area contributed by atoms with Gasteiger partial charge in [-0.15, -0.1) is 0 Å². The van der Waals surface area contributed by atoms with Crippen molar-refractivity contribution >= 4 is 40.9 Å². The van der Waals surface area contributed by atoms with E-state index in [1.54, 1.807) is 25.2 Å². The second kappa shape index (κ2) is 10.1. The average molecular weight is 488 g/mol. The van der Waals surface area contributed by atoms with E-state index < -0.39 is 12.0 Å². The zero-order valence-electron chi connectivity index (χ0n) is 18.4. The van der Waals surface area contributed by atoms with E-state index in [1.807, 2.05) is 29.2 Å². The summed E-state index contributed by atoms with van der Waals surface area (Å²) in [7, 11) is 1.56. The number of benzene rings is 2. The highest BCUT2D eigenvalue weighted by molar-refractivity contribution is 6.35. The van der Waals surface area contributed by atoms with E-state index in [2.05, 4.69) is 10.6 Å². The van der Waals surface area contributed by atoms with Crippen molar-refractivity contribution in [3.63, 3.8) is 0 Å². The molecule has 0 saturated heterocycles. The smallest absolute Gasteiger partial charge is 0.254 e. The Morgan fingerprint density at radius 1 is 1.06 bits per heavy atom. The molecule has 2 aromatic carbocycles. The molecule has 2 aliphatic rings. The van der Waals surface area contributed by atoms with Crippen LogP contribution >= 0.6 is 23.2 Å². The molecule has 2 N–H and O–H groups in total. The van der Waals surface area contributed by atoms with Crippen molar-refractivity contribution < 1.29 is 14.4 Å². The van der Waals surface area contributed by atoms with Gasteiger partial charge in [0.2, 0.25) is 11.8 Å². The maximum Gasteiger partial charge on any atom is 0.254 e. The van der Waals surface area contributed by atoms with E-state index in [0.717, 1.165) is 25.7 Å². The van der Waals surface area contributed by atoms with Crippen molar-refractivity contribution in [3.05, 3.63) is 69.2 Å². The van der Waals surface area contributed by atoms with E-state index >= 15 is 0 Å². The van der Waals surface area contributed by atoms with Gasteiger partial charge in [-0.1, -0.05) is 60.3 Å². The summed E-state index contributed by atoms with van der Waals surface area (Å²) in [6, 6.07) is 11.9. The molecule has 1 aliphatic carbocycles. The van der Waals surface area contributed by atoms with Gasteiger partial charge < -0.3 is 15.5 Å². The number of nitrogens with one attached hydrogen (secondary N) is 2. The van der Waals surface area contributed by atoms with Crippen LogP contribution in [0.25, 0.3) is 0 Å². The Hall–Kier alpha value is -2.57. The number of carbonyl (C=O) groups excluding carboxylic acids is 3. The van der Waals surface area contributed by atoms with E-state index in [-0.39, 0.29) is 36.7 Å². The number of fused-ring (bicyclic) bond motifs is 1. The fraction of sp³-hybridized carbons (Fsp3) is 0.400. The van der Waals surface area contributed by atoms with Crippen LogP contribution in [-0.2, 0) is 9.59 Å². The van der Waals surface area contributed by atoms with Gasteiger partial charge in [0.05, 0.1) is 12.0 Å². The van der Waals surface area contributed by atoms with Gasteiger partial charge in [-0.2, -0.15) is 0 Å². The Bertz CT molecular complexity index is 1070. The third-order valence-electron chi connectivity index (χ3n) is 6.59. The molecule has 0 aromatic heterocycles. The fourth-order valence-corrected chi connectivity index (χ4v) is 5.54. The van der Waals surface area contributed by atoms with Gasteiger partial charge in [0, 0.05) is 41.7 Å². The summed E-state index contributed by atoms with van der Waals surface area (Å²) in [6.45, 7) is 0.204. The summed E-state index contributed by atoms with van der Waals surface area (Å²) in [5.41, 5.74) is 1.91. The molecule has 0 spiro atoms. The summed E-state index contributed by atoms with van der Waals surface area (Å²) in [5, 5.41) is 6.38. The van der Waals surface area contributed by atoms with Gasteiger partial charge >= 0.3 is 0 Å². The molecule has 8 heteroatoms. The van der Waals surface area contributed by atoms with Gasteiger partial charge in [-0.25, -0.2) is 0 Å². The lowest BCUT2D eigenvalue weighted by atomic mass is 9.78. The summed E-state index contributed by atoms with van der Waals surface area (Å²) in [5.74, 6) is -1.14. The summed E-state index contributed by atoms with van der Waals surface area (Å²) in [6.07, 6.45) is 4.04. The highest BCUT2D eigenvalue weighted by Crippen LogP contribution is 2.47. The SMILES string of the molecule is CNC(=O)CCNC(=O)[C@@H]1c2ccccc2C(=O)N(C2CCCC2)[C@H]1c1ccc(Cl)cc1Cl. The van der Waals surface area contributed by atoms with Crippen molar-refractivity contribution in [1.29, 1.82) is 0 Å². The number of halogens is 2. The molecule has 0 bridgehead atoms. The van der Waals surface area contributed by atoms with Gasteiger partial charge in [-0.05, 0) is 42.2 Å². The van der Waals surface area contributed by atoms with Gasteiger partial charge in [-0.3, -0.25) is 14.4 Å². The van der Waals surface area contributed by atoms with Crippen molar-refractivity contribution in [2.24, 2.45) is 0 Å². The van der Waals surface area contributed by atoms with Gasteiger partial charge in [0.15, 0.2) is 0 Å². The first-order valence-electron chi connectivity index (χ1n) is 11.3. The Morgan fingerprint density at radius 3 is 2.48 bits per heavy atom. The lowest BCUT2D eigenvalue weighted by Gasteiger charge is -2.45.